The smallest absolute Gasteiger partial charge is 0.344 e. The molecule has 5 nitrogen and oxygen atoms in total. The second-order valence-corrected chi connectivity index (χ2v) is 6.06. The quantitative estimate of drug-likeness (QED) is 0.484. The van der Waals surface area contributed by atoms with Gasteiger partial charge in [0.15, 0.2) is 0 Å². The lowest BCUT2D eigenvalue weighted by Gasteiger charge is -2.06. The minimum absolute atomic E-state index is 0.347. The summed E-state index contributed by atoms with van der Waals surface area (Å²) in [6, 6.07) is 23.0. The fraction of sp³-hybridized carbons (Fsp3) is 0. The first-order valence-electron chi connectivity index (χ1n) is 8.23. The molecule has 0 fully saturated rings. The SMILES string of the molecule is O=c1oc2cc(-c3cccc4n[nH]nc34)ccc2cc1-c1ccccc1. The van der Waals surface area contributed by atoms with Crippen LogP contribution < -0.4 is 5.63 Å². The topological polar surface area (TPSA) is 71.8 Å². The molecule has 0 bridgehead atoms. The lowest BCUT2D eigenvalue weighted by Crippen LogP contribution is -2.02. The minimum atomic E-state index is -0.347. The number of nitrogens with zero attached hydrogens (tertiary/aromatic N) is 2. The Morgan fingerprint density at radius 2 is 1.65 bits per heavy atom. The van der Waals surface area contributed by atoms with E-state index in [0.29, 0.717) is 11.1 Å². The van der Waals surface area contributed by atoms with Crippen molar-refractivity contribution in [3.8, 4) is 22.3 Å². The van der Waals surface area contributed by atoms with Crippen LogP contribution in [0.25, 0.3) is 44.3 Å². The van der Waals surface area contributed by atoms with Crippen LogP contribution in [0.5, 0.6) is 0 Å². The lowest BCUT2D eigenvalue weighted by atomic mass is 10.0. The fourth-order valence-corrected chi connectivity index (χ4v) is 3.20. The molecule has 124 valence electrons. The van der Waals surface area contributed by atoms with Crippen molar-refractivity contribution in [2.75, 3.05) is 0 Å². The molecule has 0 spiro atoms. The van der Waals surface area contributed by atoms with Crippen molar-refractivity contribution in [1.29, 1.82) is 0 Å². The van der Waals surface area contributed by atoms with Gasteiger partial charge in [0.25, 0.3) is 0 Å². The summed E-state index contributed by atoms with van der Waals surface area (Å²) in [5.74, 6) is 0. The van der Waals surface area contributed by atoms with Crippen molar-refractivity contribution >= 4 is 22.0 Å². The Kier molecular flexibility index (Phi) is 3.18. The van der Waals surface area contributed by atoms with Gasteiger partial charge in [0.2, 0.25) is 0 Å². The molecule has 26 heavy (non-hydrogen) atoms. The van der Waals surface area contributed by atoms with Gasteiger partial charge < -0.3 is 4.42 Å². The molecule has 2 aromatic heterocycles. The molecular formula is C21H13N3O2. The number of hydrogen-bond donors (Lipinski definition) is 1. The molecule has 5 rings (SSSR count). The van der Waals surface area contributed by atoms with E-state index in [9.17, 15) is 4.79 Å². The van der Waals surface area contributed by atoms with Gasteiger partial charge in [0.05, 0.1) is 5.56 Å². The van der Waals surface area contributed by atoms with Gasteiger partial charge in [0.1, 0.15) is 16.6 Å². The zero-order chi connectivity index (χ0) is 17.5. The standard InChI is InChI=1S/C21H13N3O2/c25-21-17(13-5-2-1-3-6-13)11-15-10-9-14(12-19(15)26-21)16-7-4-8-18-20(16)23-24-22-18/h1-12H,(H,22,23,24). The first kappa shape index (κ1) is 14.6. The average molecular weight is 339 g/mol. The number of rotatable bonds is 2. The summed E-state index contributed by atoms with van der Waals surface area (Å²) in [7, 11) is 0. The maximum Gasteiger partial charge on any atom is 0.344 e. The summed E-state index contributed by atoms with van der Waals surface area (Å²) in [5.41, 5.74) is 5.05. The van der Waals surface area contributed by atoms with Gasteiger partial charge in [-0.2, -0.15) is 15.4 Å². The number of benzene rings is 3. The molecule has 0 amide bonds. The fourth-order valence-electron chi connectivity index (χ4n) is 3.20. The first-order chi connectivity index (χ1) is 12.8. The Bertz CT molecular complexity index is 1300. The lowest BCUT2D eigenvalue weighted by molar-refractivity contribution is 0.563. The first-order valence-corrected chi connectivity index (χ1v) is 8.23. The molecule has 3 aromatic carbocycles. The van der Waals surface area contributed by atoms with Crippen molar-refractivity contribution in [1.82, 2.24) is 15.4 Å². The molecule has 0 aliphatic rings. The normalized spacial score (nSPS) is 11.2. The monoisotopic (exact) mass is 339 g/mol. The summed E-state index contributed by atoms with van der Waals surface area (Å²) >= 11 is 0. The number of nitrogens with one attached hydrogen (secondary N) is 1. The van der Waals surface area contributed by atoms with Crippen LogP contribution in [0.2, 0.25) is 0 Å². The van der Waals surface area contributed by atoms with Gasteiger partial charge in [0, 0.05) is 10.9 Å². The van der Waals surface area contributed by atoms with Crippen LogP contribution in [0.4, 0.5) is 0 Å². The minimum Gasteiger partial charge on any atom is -0.422 e. The molecule has 5 heteroatoms. The van der Waals surface area contributed by atoms with E-state index in [1.165, 1.54) is 0 Å². The van der Waals surface area contributed by atoms with Gasteiger partial charge >= 0.3 is 5.63 Å². The third kappa shape index (κ3) is 2.29. The highest BCUT2D eigenvalue weighted by molar-refractivity contribution is 5.94. The number of fused-ring (bicyclic) bond motifs is 2. The Labute approximate surface area is 147 Å². The highest BCUT2D eigenvalue weighted by Crippen LogP contribution is 2.29. The van der Waals surface area contributed by atoms with E-state index in [1.807, 2.05) is 72.8 Å². The van der Waals surface area contributed by atoms with Crippen LogP contribution in [0, 0.1) is 0 Å². The van der Waals surface area contributed by atoms with Crippen molar-refractivity contribution in [3.05, 3.63) is 83.2 Å². The van der Waals surface area contributed by atoms with Crippen LogP contribution in [-0.4, -0.2) is 15.4 Å². The Morgan fingerprint density at radius 1 is 0.769 bits per heavy atom. The number of aromatic nitrogens is 3. The van der Waals surface area contributed by atoms with Gasteiger partial charge in [-0.05, 0) is 29.3 Å². The third-order valence-corrected chi connectivity index (χ3v) is 4.48. The van der Waals surface area contributed by atoms with Gasteiger partial charge in [-0.25, -0.2) is 4.79 Å². The number of aromatic amines is 1. The number of para-hydroxylation sites is 1. The number of hydrogen-bond acceptors (Lipinski definition) is 4. The van der Waals surface area contributed by atoms with Crippen LogP contribution in [-0.2, 0) is 0 Å². The van der Waals surface area contributed by atoms with Crippen LogP contribution in [0.3, 0.4) is 0 Å². The summed E-state index contributed by atoms with van der Waals surface area (Å²) < 4.78 is 5.60. The largest absolute Gasteiger partial charge is 0.422 e. The van der Waals surface area contributed by atoms with E-state index < -0.39 is 0 Å². The van der Waals surface area contributed by atoms with Crippen LogP contribution in [0.15, 0.2) is 82.0 Å². The molecule has 0 saturated carbocycles. The Hall–Kier alpha value is -3.73. The molecule has 0 radical (unpaired) electrons. The summed E-state index contributed by atoms with van der Waals surface area (Å²) in [4.78, 5) is 12.5. The second-order valence-electron chi connectivity index (χ2n) is 6.06. The molecule has 0 unspecified atom stereocenters. The van der Waals surface area contributed by atoms with Crippen molar-refractivity contribution in [3.63, 3.8) is 0 Å². The second kappa shape index (κ2) is 5.67. The maximum atomic E-state index is 12.5. The van der Waals surface area contributed by atoms with E-state index in [2.05, 4.69) is 15.4 Å². The molecular weight excluding hydrogens is 326 g/mol. The zero-order valence-electron chi connectivity index (χ0n) is 13.6. The van der Waals surface area contributed by atoms with Gasteiger partial charge in [-0.1, -0.05) is 54.6 Å². The highest BCUT2D eigenvalue weighted by Gasteiger charge is 2.11. The predicted molar refractivity (Wildman–Crippen MR) is 101 cm³/mol. The highest BCUT2D eigenvalue weighted by atomic mass is 16.4. The summed E-state index contributed by atoms with van der Waals surface area (Å²) in [5, 5.41) is 11.9. The van der Waals surface area contributed by atoms with Crippen molar-refractivity contribution in [2.24, 2.45) is 0 Å². The van der Waals surface area contributed by atoms with E-state index >= 15 is 0 Å². The van der Waals surface area contributed by atoms with Crippen LogP contribution in [0.1, 0.15) is 0 Å². The summed E-state index contributed by atoms with van der Waals surface area (Å²) in [6.45, 7) is 0. The van der Waals surface area contributed by atoms with Crippen LogP contribution >= 0.6 is 0 Å². The van der Waals surface area contributed by atoms with Crippen molar-refractivity contribution < 1.29 is 4.42 Å². The number of H-pyrrole nitrogens is 1. The van der Waals surface area contributed by atoms with E-state index in [-0.39, 0.29) is 5.63 Å². The third-order valence-electron chi connectivity index (χ3n) is 4.48. The molecule has 0 atom stereocenters. The molecule has 5 aromatic rings. The molecule has 2 heterocycles. The average Bonchev–Trinajstić information content (AvgIpc) is 3.16. The van der Waals surface area contributed by atoms with E-state index in [1.54, 1.807) is 0 Å². The van der Waals surface area contributed by atoms with Gasteiger partial charge in [-0.3, -0.25) is 0 Å². The molecule has 0 aliphatic carbocycles. The maximum absolute atomic E-state index is 12.5. The predicted octanol–water partition coefficient (Wildman–Crippen LogP) is 4.40. The van der Waals surface area contributed by atoms with Gasteiger partial charge in [-0.15, -0.1) is 0 Å². The molecule has 0 aliphatic heterocycles. The summed E-state index contributed by atoms with van der Waals surface area (Å²) in [6.07, 6.45) is 0. The van der Waals surface area contributed by atoms with E-state index in [4.69, 9.17) is 4.42 Å². The molecule has 1 N–H and O–H groups in total. The Balaban J connectivity index is 1.70. The van der Waals surface area contributed by atoms with E-state index in [0.717, 1.165) is 33.1 Å². The molecule has 0 saturated heterocycles. The zero-order valence-corrected chi connectivity index (χ0v) is 13.6. The van der Waals surface area contributed by atoms with Crippen molar-refractivity contribution in [2.45, 2.75) is 0 Å². The Morgan fingerprint density at radius 3 is 2.54 bits per heavy atom.